The highest BCUT2D eigenvalue weighted by Crippen LogP contribution is 2.27. The molecule has 0 radical (unpaired) electrons. The van der Waals surface area contributed by atoms with Crippen molar-refractivity contribution in [1.29, 1.82) is 0 Å². The standard InChI is InChI=1S/C21H19F3N2O6/c22-21(23,24)11-30-10-15-13-3-1-2-4-17(13)32-18(15)20(29)26-7-8-31-12-5-6-14(19(25)28)16(27)9-12/h1-6,9,27H,7-8,10-11H2,(H2,25,28)(H,26,29). The van der Waals surface area contributed by atoms with E-state index in [0.29, 0.717) is 11.0 Å². The Morgan fingerprint density at radius 1 is 1.16 bits per heavy atom. The molecule has 0 fully saturated rings. The summed E-state index contributed by atoms with van der Waals surface area (Å²) in [4.78, 5) is 23.7. The molecule has 0 unspecified atom stereocenters. The first-order chi connectivity index (χ1) is 15.2. The lowest BCUT2D eigenvalue weighted by molar-refractivity contribution is -0.176. The molecule has 4 N–H and O–H groups in total. The maximum atomic E-state index is 12.6. The van der Waals surface area contributed by atoms with Crippen molar-refractivity contribution in [3.8, 4) is 11.5 Å². The Hall–Kier alpha value is -3.73. The Bertz CT molecular complexity index is 1130. The van der Waals surface area contributed by atoms with Crippen LogP contribution in [0.4, 0.5) is 13.2 Å². The predicted octanol–water partition coefficient (Wildman–Crippen LogP) is 3.13. The van der Waals surface area contributed by atoms with Crippen molar-refractivity contribution < 1.29 is 41.8 Å². The fourth-order valence-electron chi connectivity index (χ4n) is 2.92. The zero-order valence-corrected chi connectivity index (χ0v) is 16.6. The summed E-state index contributed by atoms with van der Waals surface area (Å²) in [5.41, 5.74) is 5.59. The molecule has 2 aromatic carbocycles. The number of phenols is 1. The van der Waals surface area contributed by atoms with Gasteiger partial charge in [0.1, 0.15) is 30.3 Å². The molecule has 0 spiro atoms. The topological polar surface area (TPSA) is 124 Å². The van der Waals surface area contributed by atoms with Gasteiger partial charge in [-0.15, -0.1) is 0 Å². The van der Waals surface area contributed by atoms with E-state index in [1.54, 1.807) is 24.3 Å². The van der Waals surface area contributed by atoms with Gasteiger partial charge in [0.2, 0.25) is 0 Å². The maximum absolute atomic E-state index is 12.6. The smallest absolute Gasteiger partial charge is 0.411 e. The lowest BCUT2D eigenvalue weighted by Crippen LogP contribution is -2.28. The summed E-state index contributed by atoms with van der Waals surface area (Å²) < 4.78 is 52.9. The van der Waals surface area contributed by atoms with Crippen LogP contribution in [0, 0.1) is 0 Å². The summed E-state index contributed by atoms with van der Waals surface area (Å²) in [5.74, 6) is -1.70. The number of hydrogen-bond donors (Lipinski definition) is 3. The SMILES string of the molecule is NC(=O)c1ccc(OCCNC(=O)c2oc3ccccc3c2COCC(F)(F)F)cc1O. The van der Waals surface area contributed by atoms with Crippen molar-refractivity contribution in [2.45, 2.75) is 12.8 Å². The van der Waals surface area contributed by atoms with Crippen LogP contribution in [-0.4, -0.2) is 42.9 Å². The number of primary amides is 1. The molecule has 3 aromatic rings. The van der Waals surface area contributed by atoms with Crippen LogP contribution in [0.5, 0.6) is 11.5 Å². The van der Waals surface area contributed by atoms with Crippen molar-refractivity contribution in [1.82, 2.24) is 5.32 Å². The number of alkyl halides is 3. The van der Waals surface area contributed by atoms with Gasteiger partial charge in [-0.05, 0) is 18.2 Å². The van der Waals surface area contributed by atoms with Gasteiger partial charge >= 0.3 is 6.18 Å². The van der Waals surface area contributed by atoms with Crippen LogP contribution in [0.2, 0.25) is 0 Å². The quantitative estimate of drug-likeness (QED) is 0.429. The van der Waals surface area contributed by atoms with E-state index in [-0.39, 0.29) is 41.5 Å². The van der Waals surface area contributed by atoms with Gasteiger partial charge in [-0.1, -0.05) is 18.2 Å². The number of rotatable bonds is 9. The molecule has 1 heterocycles. The molecule has 170 valence electrons. The molecule has 0 saturated heterocycles. The second-order valence-electron chi connectivity index (χ2n) is 6.66. The van der Waals surface area contributed by atoms with Gasteiger partial charge in [0.05, 0.1) is 18.7 Å². The number of aromatic hydroxyl groups is 1. The fraction of sp³-hybridized carbons (Fsp3) is 0.238. The molecule has 8 nitrogen and oxygen atoms in total. The minimum atomic E-state index is -4.50. The molecule has 0 aliphatic carbocycles. The summed E-state index contributed by atoms with van der Waals surface area (Å²) in [5, 5.41) is 12.8. The number of benzene rings is 2. The number of carbonyl (C=O) groups excluding carboxylic acids is 2. The molecule has 11 heteroatoms. The third-order valence-corrected chi connectivity index (χ3v) is 4.31. The number of fused-ring (bicyclic) bond motifs is 1. The number of halogens is 3. The number of carbonyl (C=O) groups is 2. The summed E-state index contributed by atoms with van der Waals surface area (Å²) in [7, 11) is 0. The Labute approximate surface area is 179 Å². The third kappa shape index (κ3) is 5.70. The van der Waals surface area contributed by atoms with Gasteiger partial charge < -0.3 is 30.0 Å². The molecule has 0 bridgehead atoms. The van der Waals surface area contributed by atoms with Gasteiger partial charge in [0.15, 0.2) is 5.76 Å². The lowest BCUT2D eigenvalue weighted by atomic mass is 10.1. The molecule has 0 aliphatic heterocycles. The van der Waals surface area contributed by atoms with Crippen molar-refractivity contribution in [3.63, 3.8) is 0 Å². The number of hydrogen-bond acceptors (Lipinski definition) is 6. The normalized spacial score (nSPS) is 11.5. The van der Waals surface area contributed by atoms with E-state index < -0.39 is 31.2 Å². The van der Waals surface area contributed by atoms with Crippen LogP contribution in [0.25, 0.3) is 11.0 Å². The zero-order valence-electron chi connectivity index (χ0n) is 16.6. The average Bonchev–Trinajstić information content (AvgIpc) is 3.09. The Morgan fingerprint density at radius 3 is 2.59 bits per heavy atom. The van der Waals surface area contributed by atoms with Crippen LogP contribution in [0.3, 0.4) is 0 Å². The van der Waals surface area contributed by atoms with Crippen molar-refractivity contribution in [2.24, 2.45) is 5.73 Å². The first kappa shape index (κ1) is 22.9. The summed E-state index contributed by atoms with van der Waals surface area (Å²) in [6.45, 7) is -1.89. The number of nitrogens with one attached hydrogen (secondary N) is 1. The van der Waals surface area contributed by atoms with Gasteiger partial charge in [-0.3, -0.25) is 9.59 Å². The summed E-state index contributed by atoms with van der Waals surface area (Å²) in [6.07, 6.45) is -4.50. The van der Waals surface area contributed by atoms with Crippen LogP contribution >= 0.6 is 0 Å². The Morgan fingerprint density at radius 2 is 1.91 bits per heavy atom. The minimum Gasteiger partial charge on any atom is -0.507 e. The number of nitrogens with two attached hydrogens (primary N) is 1. The molecule has 0 aliphatic rings. The number of para-hydroxylation sites is 1. The summed E-state index contributed by atoms with van der Waals surface area (Å²) in [6, 6.07) is 10.5. The van der Waals surface area contributed by atoms with Crippen molar-refractivity contribution >= 4 is 22.8 Å². The van der Waals surface area contributed by atoms with E-state index in [1.165, 1.54) is 18.2 Å². The first-order valence-electron chi connectivity index (χ1n) is 9.34. The molecular formula is C21H19F3N2O6. The minimum absolute atomic E-state index is 0.00122. The van der Waals surface area contributed by atoms with E-state index in [0.717, 1.165) is 0 Å². The van der Waals surface area contributed by atoms with Crippen LogP contribution < -0.4 is 15.8 Å². The molecule has 1 aromatic heterocycles. The van der Waals surface area contributed by atoms with Crippen molar-refractivity contribution in [2.75, 3.05) is 19.8 Å². The first-order valence-corrected chi connectivity index (χ1v) is 9.34. The van der Waals surface area contributed by atoms with E-state index in [2.05, 4.69) is 5.32 Å². The van der Waals surface area contributed by atoms with Gasteiger partial charge in [-0.2, -0.15) is 13.2 Å². The number of ether oxygens (including phenoxy) is 2. The van der Waals surface area contributed by atoms with Crippen molar-refractivity contribution in [3.05, 3.63) is 59.4 Å². The molecule has 0 atom stereocenters. The second kappa shape index (κ2) is 9.60. The fourth-order valence-corrected chi connectivity index (χ4v) is 2.92. The summed E-state index contributed by atoms with van der Waals surface area (Å²) >= 11 is 0. The number of amides is 2. The molecular weight excluding hydrogens is 433 g/mol. The molecule has 3 rings (SSSR count). The average molecular weight is 452 g/mol. The van der Waals surface area contributed by atoms with E-state index >= 15 is 0 Å². The molecule has 32 heavy (non-hydrogen) atoms. The van der Waals surface area contributed by atoms with Gasteiger partial charge in [-0.25, -0.2) is 0 Å². The Kier molecular flexibility index (Phi) is 6.89. The van der Waals surface area contributed by atoms with Crippen LogP contribution in [0.1, 0.15) is 26.5 Å². The Balaban J connectivity index is 1.62. The highest BCUT2D eigenvalue weighted by atomic mass is 19.4. The van der Waals surface area contributed by atoms with Crippen LogP contribution in [0.15, 0.2) is 46.9 Å². The van der Waals surface area contributed by atoms with Gasteiger partial charge in [0, 0.05) is 17.0 Å². The molecule has 0 saturated carbocycles. The van der Waals surface area contributed by atoms with E-state index in [4.69, 9.17) is 19.6 Å². The lowest BCUT2D eigenvalue weighted by Gasteiger charge is -2.10. The van der Waals surface area contributed by atoms with Crippen LogP contribution in [-0.2, 0) is 11.3 Å². The maximum Gasteiger partial charge on any atom is 0.411 e. The second-order valence-corrected chi connectivity index (χ2v) is 6.66. The third-order valence-electron chi connectivity index (χ3n) is 4.31. The molecule has 2 amide bonds. The number of furan rings is 1. The largest absolute Gasteiger partial charge is 0.507 e. The van der Waals surface area contributed by atoms with E-state index in [9.17, 15) is 27.9 Å². The van der Waals surface area contributed by atoms with Gasteiger partial charge in [0.25, 0.3) is 11.8 Å². The van der Waals surface area contributed by atoms with E-state index in [1.807, 2.05) is 0 Å². The predicted molar refractivity (Wildman–Crippen MR) is 106 cm³/mol. The zero-order chi connectivity index (χ0) is 23.3. The monoisotopic (exact) mass is 452 g/mol. The highest BCUT2D eigenvalue weighted by molar-refractivity contribution is 5.99. The highest BCUT2D eigenvalue weighted by Gasteiger charge is 2.28.